The number of H-pyrrole nitrogens is 1. The first-order valence-electron chi connectivity index (χ1n) is 11.0. The fourth-order valence-corrected chi connectivity index (χ4v) is 4.75. The SMILES string of the molecule is CCCC#CCCCOc1ccc2c(=O)[nH]c3c([S+]([O-])c4ccc(C)cc4C)nnn3c2c1. The molecule has 0 fully saturated rings. The molecule has 2 aromatic heterocycles. The Morgan fingerprint density at radius 1 is 1.15 bits per heavy atom. The van der Waals surface area contributed by atoms with Gasteiger partial charge in [0.25, 0.3) is 5.56 Å². The predicted molar refractivity (Wildman–Crippen MR) is 129 cm³/mol. The Bertz CT molecular complexity index is 1410. The van der Waals surface area contributed by atoms with Gasteiger partial charge in [-0.3, -0.25) is 4.79 Å². The van der Waals surface area contributed by atoms with Crippen LogP contribution in [-0.4, -0.2) is 31.0 Å². The lowest BCUT2D eigenvalue weighted by Gasteiger charge is -2.10. The van der Waals surface area contributed by atoms with Crippen molar-refractivity contribution >= 4 is 27.7 Å². The monoisotopic (exact) mass is 462 g/mol. The van der Waals surface area contributed by atoms with Crippen molar-refractivity contribution in [2.75, 3.05) is 6.61 Å². The standard InChI is InChI=1S/C25H26N4O3S/c1-4-5-6-7-8-9-14-32-19-11-12-20-21(16-19)29-23(26-24(20)30)25(27-28-29)33(31)22-13-10-17(2)15-18(22)3/h10-13,15-16H,4-5,8-9,14H2,1-3H3,(H,26,30). The van der Waals surface area contributed by atoms with Crippen LogP contribution < -0.4 is 10.3 Å². The van der Waals surface area contributed by atoms with Crippen LogP contribution in [0, 0.1) is 25.7 Å². The topological polar surface area (TPSA) is 95.3 Å². The highest BCUT2D eigenvalue weighted by Crippen LogP contribution is 2.27. The van der Waals surface area contributed by atoms with Gasteiger partial charge in [-0.2, -0.15) is 4.52 Å². The molecule has 0 saturated heterocycles. The second kappa shape index (κ2) is 10.1. The summed E-state index contributed by atoms with van der Waals surface area (Å²) in [6, 6.07) is 10.9. The minimum atomic E-state index is -1.59. The van der Waals surface area contributed by atoms with E-state index in [9.17, 15) is 9.35 Å². The van der Waals surface area contributed by atoms with Crippen molar-refractivity contribution in [2.45, 2.75) is 56.4 Å². The van der Waals surface area contributed by atoms with Crippen LogP contribution >= 0.6 is 0 Å². The highest BCUT2D eigenvalue weighted by Gasteiger charge is 2.26. The number of aromatic nitrogens is 4. The van der Waals surface area contributed by atoms with E-state index in [2.05, 4.69) is 34.1 Å². The molecule has 0 spiro atoms. The van der Waals surface area contributed by atoms with Gasteiger partial charge >= 0.3 is 5.03 Å². The molecule has 1 atom stereocenters. The number of unbranched alkanes of at least 4 members (excludes halogenated alkanes) is 2. The number of fused-ring (bicyclic) bond motifs is 3. The number of hydrogen-bond acceptors (Lipinski definition) is 5. The maximum absolute atomic E-state index is 13.3. The summed E-state index contributed by atoms with van der Waals surface area (Å²) in [4.78, 5) is 16.2. The lowest BCUT2D eigenvalue weighted by molar-refractivity contribution is 0.313. The molecular formula is C25H26N4O3S. The van der Waals surface area contributed by atoms with Gasteiger partial charge in [0.1, 0.15) is 5.75 Å². The van der Waals surface area contributed by atoms with E-state index in [1.165, 1.54) is 4.52 Å². The summed E-state index contributed by atoms with van der Waals surface area (Å²) in [5.41, 5.74) is 2.55. The highest BCUT2D eigenvalue weighted by atomic mass is 32.2. The van der Waals surface area contributed by atoms with Crippen molar-refractivity contribution in [3.8, 4) is 17.6 Å². The molecule has 2 aromatic carbocycles. The average Bonchev–Trinajstić information content (AvgIpc) is 3.22. The summed E-state index contributed by atoms with van der Waals surface area (Å²) in [5.74, 6) is 6.90. The third kappa shape index (κ3) is 4.90. The molecule has 0 aliphatic heterocycles. The Balaban J connectivity index is 1.63. The van der Waals surface area contributed by atoms with E-state index in [0.29, 0.717) is 33.8 Å². The van der Waals surface area contributed by atoms with Gasteiger partial charge in [-0.05, 0) is 44.9 Å². The third-order valence-corrected chi connectivity index (χ3v) is 6.72. The van der Waals surface area contributed by atoms with Crippen molar-refractivity contribution in [1.29, 1.82) is 0 Å². The molecule has 170 valence electrons. The van der Waals surface area contributed by atoms with E-state index in [1.54, 1.807) is 18.2 Å². The molecule has 0 bridgehead atoms. The molecule has 1 N–H and O–H groups in total. The molecule has 0 aliphatic carbocycles. The highest BCUT2D eigenvalue weighted by molar-refractivity contribution is 7.91. The van der Waals surface area contributed by atoms with Crippen molar-refractivity contribution in [2.24, 2.45) is 0 Å². The van der Waals surface area contributed by atoms with E-state index in [-0.39, 0.29) is 10.6 Å². The van der Waals surface area contributed by atoms with Crippen molar-refractivity contribution in [3.63, 3.8) is 0 Å². The van der Waals surface area contributed by atoms with Crippen molar-refractivity contribution in [3.05, 3.63) is 57.9 Å². The summed E-state index contributed by atoms with van der Waals surface area (Å²) < 4.78 is 20.6. The summed E-state index contributed by atoms with van der Waals surface area (Å²) in [6.07, 6.45) is 3.59. The number of aryl methyl sites for hydroxylation is 2. The molecule has 4 rings (SSSR count). The van der Waals surface area contributed by atoms with Crippen LogP contribution in [0.2, 0.25) is 0 Å². The molecule has 2 heterocycles. The second-order valence-corrected chi connectivity index (χ2v) is 9.25. The Morgan fingerprint density at radius 3 is 2.76 bits per heavy atom. The first-order chi connectivity index (χ1) is 16.0. The van der Waals surface area contributed by atoms with E-state index in [0.717, 1.165) is 36.8 Å². The molecule has 0 radical (unpaired) electrons. The number of aromatic amines is 1. The smallest absolute Gasteiger partial charge is 0.313 e. The molecule has 7 nitrogen and oxygen atoms in total. The van der Waals surface area contributed by atoms with E-state index < -0.39 is 11.2 Å². The maximum atomic E-state index is 13.3. The molecule has 33 heavy (non-hydrogen) atoms. The third-order valence-electron chi connectivity index (χ3n) is 5.23. The summed E-state index contributed by atoms with van der Waals surface area (Å²) >= 11 is -1.59. The number of ether oxygens (including phenoxy) is 1. The fourth-order valence-electron chi connectivity index (χ4n) is 3.58. The molecule has 1 unspecified atom stereocenters. The van der Waals surface area contributed by atoms with Crippen LogP contribution in [0.5, 0.6) is 5.75 Å². The van der Waals surface area contributed by atoms with Gasteiger partial charge in [0.05, 0.1) is 17.5 Å². The van der Waals surface area contributed by atoms with E-state index >= 15 is 0 Å². The number of nitrogens with one attached hydrogen (secondary N) is 1. The summed E-state index contributed by atoms with van der Waals surface area (Å²) in [6.45, 7) is 6.52. The number of nitrogens with zero attached hydrogens (tertiary/aromatic N) is 3. The zero-order chi connectivity index (χ0) is 23.4. The molecule has 0 aliphatic rings. The first kappa shape index (κ1) is 22.9. The minimum absolute atomic E-state index is 0.220. The molecular weight excluding hydrogens is 436 g/mol. The Kier molecular flexibility index (Phi) is 7.02. The first-order valence-corrected chi connectivity index (χ1v) is 12.1. The van der Waals surface area contributed by atoms with Gasteiger partial charge in [-0.25, -0.2) is 0 Å². The number of benzene rings is 2. The van der Waals surface area contributed by atoms with Crippen LogP contribution in [0.1, 0.15) is 43.7 Å². The van der Waals surface area contributed by atoms with Crippen LogP contribution in [0.15, 0.2) is 51.1 Å². The van der Waals surface area contributed by atoms with E-state index in [1.807, 2.05) is 32.0 Å². The lowest BCUT2D eigenvalue weighted by atomic mass is 10.2. The lowest BCUT2D eigenvalue weighted by Crippen LogP contribution is -2.12. The van der Waals surface area contributed by atoms with Gasteiger partial charge in [-0.1, -0.05) is 34.9 Å². The minimum Gasteiger partial charge on any atom is -0.605 e. The maximum Gasteiger partial charge on any atom is 0.313 e. The molecule has 4 aromatic rings. The summed E-state index contributed by atoms with van der Waals surface area (Å²) in [7, 11) is 0. The van der Waals surface area contributed by atoms with Gasteiger partial charge in [0.15, 0.2) is 4.90 Å². The number of rotatable bonds is 7. The zero-order valence-electron chi connectivity index (χ0n) is 19.0. The average molecular weight is 463 g/mol. The van der Waals surface area contributed by atoms with Crippen LogP contribution in [0.4, 0.5) is 0 Å². The Labute approximate surface area is 195 Å². The zero-order valence-corrected chi connectivity index (χ0v) is 19.8. The normalized spacial score (nSPS) is 12.0. The van der Waals surface area contributed by atoms with Crippen LogP contribution in [-0.2, 0) is 11.2 Å². The van der Waals surface area contributed by atoms with Crippen LogP contribution in [0.3, 0.4) is 0 Å². The van der Waals surface area contributed by atoms with Gasteiger partial charge < -0.3 is 14.3 Å². The predicted octanol–water partition coefficient (Wildman–Crippen LogP) is 4.32. The van der Waals surface area contributed by atoms with Crippen molar-refractivity contribution in [1.82, 2.24) is 19.8 Å². The van der Waals surface area contributed by atoms with Crippen molar-refractivity contribution < 1.29 is 9.29 Å². The fraction of sp³-hybridized carbons (Fsp3) is 0.320. The van der Waals surface area contributed by atoms with Crippen LogP contribution in [0.25, 0.3) is 16.6 Å². The quantitative estimate of drug-likeness (QED) is 0.251. The van der Waals surface area contributed by atoms with Gasteiger partial charge in [-0.15, -0.1) is 11.8 Å². The van der Waals surface area contributed by atoms with E-state index in [4.69, 9.17) is 4.74 Å². The summed E-state index contributed by atoms with van der Waals surface area (Å²) in [5, 5.41) is 9.02. The van der Waals surface area contributed by atoms with Gasteiger partial charge in [0.2, 0.25) is 5.65 Å². The largest absolute Gasteiger partial charge is 0.605 e. The Hall–Kier alpha value is -3.28. The molecule has 8 heteroatoms. The number of hydrogen-bond donors (Lipinski definition) is 1. The molecule has 0 amide bonds. The van der Waals surface area contributed by atoms with Gasteiger partial charge in [0, 0.05) is 35.6 Å². The second-order valence-electron chi connectivity index (χ2n) is 7.88. The Morgan fingerprint density at radius 2 is 1.97 bits per heavy atom. The molecule has 0 saturated carbocycles.